The predicted molar refractivity (Wildman–Crippen MR) is 54.7 cm³/mol. The van der Waals surface area contributed by atoms with Gasteiger partial charge < -0.3 is 17.7 Å². The van der Waals surface area contributed by atoms with E-state index >= 15 is 0 Å². The molecule has 0 saturated heterocycles. The molecule has 2 nitrogen and oxygen atoms in total. The summed E-state index contributed by atoms with van der Waals surface area (Å²) in [7, 11) is 1.55. The van der Waals surface area contributed by atoms with Gasteiger partial charge in [-0.05, 0) is 19.4 Å². The normalized spacial score (nSPS) is 16.1. The van der Waals surface area contributed by atoms with Gasteiger partial charge in [0.25, 0.3) is 0 Å². The molecule has 1 fully saturated rings. The molecule has 0 unspecified atom stereocenters. The van der Waals surface area contributed by atoms with Gasteiger partial charge in [0.2, 0.25) is 0 Å². The predicted octanol–water partition coefficient (Wildman–Crippen LogP) is -0.956. The summed E-state index contributed by atoms with van der Waals surface area (Å²) in [5.74, 6) is 0. The summed E-state index contributed by atoms with van der Waals surface area (Å²) in [6.45, 7) is -0.851. The number of ether oxygens (including phenoxy) is 1. The topological polar surface area (TPSA) is 12.5 Å². The van der Waals surface area contributed by atoms with E-state index in [4.69, 9.17) is 4.74 Å². The minimum Gasteiger partial charge on any atom is -0.445 e. The zero-order valence-electron chi connectivity index (χ0n) is 9.89. The van der Waals surface area contributed by atoms with Crippen LogP contribution in [0, 0.1) is 0 Å². The van der Waals surface area contributed by atoms with Gasteiger partial charge in [0.05, 0.1) is 6.61 Å². The van der Waals surface area contributed by atoms with Crippen molar-refractivity contribution in [2.75, 3.05) is 26.8 Å². The molecule has 0 bridgehead atoms. The van der Waals surface area contributed by atoms with Gasteiger partial charge in [-0.1, -0.05) is 0 Å². The van der Waals surface area contributed by atoms with Gasteiger partial charge in [0.15, 0.2) is 0 Å². The van der Waals surface area contributed by atoms with E-state index in [9.17, 15) is 12.9 Å². The molecule has 0 N–H and O–H groups in total. The Bertz CT molecular complexity index is 233. The molecule has 1 saturated carbocycles. The van der Waals surface area contributed by atoms with Crippen LogP contribution < -0.4 is 51.4 Å². The van der Waals surface area contributed by atoms with Crippen LogP contribution >= 0.6 is 0 Å². The molecule has 88 valence electrons. The molecule has 0 aromatic heterocycles. The average molecular weight is 261 g/mol. The van der Waals surface area contributed by atoms with Crippen molar-refractivity contribution in [3.8, 4) is 0 Å². The van der Waals surface area contributed by atoms with E-state index in [1.807, 2.05) is 0 Å². The first-order chi connectivity index (χ1) is 6.95. The number of nitrogens with zero attached hydrogens (tertiary/aromatic N) is 1. The van der Waals surface area contributed by atoms with Crippen molar-refractivity contribution in [1.29, 1.82) is 0 Å². The van der Waals surface area contributed by atoms with E-state index in [1.54, 1.807) is 12.0 Å². The van der Waals surface area contributed by atoms with Gasteiger partial charge in [0, 0.05) is 19.7 Å². The van der Waals surface area contributed by atoms with Crippen LogP contribution in [-0.4, -0.2) is 44.7 Å². The third kappa shape index (κ3) is 6.18. The van der Waals surface area contributed by atoms with Crippen molar-refractivity contribution >= 4 is 6.98 Å². The van der Waals surface area contributed by atoms with Gasteiger partial charge in [0.1, 0.15) is 0 Å². The van der Waals surface area contributed by atoms with Crippen LogP contribution in [0.4, 0.5) is 12.9 Å². The van der Waals surface area contributed by atoms with Crippen molar-refractivity contribution < 1.29 is 69.1 Å². The quantitative estimate of drug-likeness (QED) is 0.548. The fraction of sp³-hybridized carbons (Fsp3) is 0.778. The molecular formula is C9H16BF3KNO. The minimum atomic E-state index is -4.90. The fourth-order valence-corrected chi connectivity index (χ4v) is 1.40. The molecule has 0 atom stereocenters. The second-order valence-corrected chi connectivity index (χ2v) is 3.93. The van der Waals surface area contributed by atoms with E-state index in [-0.39, 0.29) is 57.9 Å². The molecule has 16 heavy (non-hydrogen) atoms. The molecule has 0 aromatic rings. The van der Waals surface area contributed by atoms with Crippen LogP contribution in [0.1, 0.15) is 12.8 Å². The number of rotatable bonds is 7. The van der Waals surface area contributed by atoms with Crippen molar-refractivity contribution in [2.45, 2.75) is 18.9 Å². The van der Waals surface area contributed by atoms with Crippen LogP contribution in [0.25, 0.3) is 0 Å². The van der Waals surface area contributed by atoms with Gasteiger partial charge in [-0.25, -0.2) is 0 Å². The Balaban J connectivity index is 0.00000225. The van der Waals surface area contributed by atoms with Crippen LogP contribution in [0.3, 0.4) is 0 Å². The Morgan fingerprint density at radius 3 is 2.38 bits per heavy atom. The van der Waals surface area contributed by atoms with Crippen molar-refractivity contribution in [2.24, 2.45) is 0 Å². The van der Waals surface area contributed by atoms with Crippen molar-refractivity contribution in [3.63, 3.8) is 0 Å². The third-order valence-corrected chi connectivity index (χ3v) is 2.51. The third-order valence-electron chi connectivity index (χ3n) is 2.51. The number of hydrogen-bond acceptors (Lipinski definition) is 2. The summed E-state index contributed by atoms with van der Waals surface area (Å²) >= 11 is 0. The number of hydrogen-bond donors (Lipinski definition) is 0. The van der Waals surface area contributed by atoms with Gasteiger partial charge in [-0.15, -0.1) is 12.1 Å². The maximum atomic E-state index is 12.3. The van der Waals surface area contributed by atoms with Crippen LogP contribution in [-0.2, 0) is 4.74 Å². The van der Waals surface area contributed by atoms with Crippen molar-refractivity contribution in [3.05, 3.63) is 12.1 Å². The standard InChI is InChI=1S/C9H16BF3NO.K/c1-8(10(11,12)13)7-14(5-6-15-2)9-3-4-9;/h9H,1,3-7H2,2H3;/q-1;+1. The number of halogens is 3. The van der Waals surface area contributed by atoms with Crippen LogP contribution in [0.2, 0.25) is 0 Å². The summed E-state index contributed by atoms with van der Waals surface area (Å²) in [5.41, 5.74) is -0.613. The largest absolute Gasteiger partial charge is 1.00 e. The average Bonchev–Trinajstić information content (AvgIpc) is 2.93. The van der Waals surface area contributed by atoms with E-state index < -0.39 is 12.4 Å². The first-order valence-corrected chi connectivity index (χ1v) is 5.05. The SMILES string of the molecule is C=C(CN(CCOC)C1CC1)[B-](F)(F)F.[K+]. The Kier molecular flexibility index (Phi) is 8.10. The Labute approximate surface area is 137 Å². The maximum absolute atomic E-state index is 12.3. The molecule has 1 rings (SSSR count). The zero-order valence-corrected chi connectivity index (χ0v) is 13.0. The minimum absolute atomic E-state index is 0. The summed E-state index contributed by atoms with van der Waals surface area (Å²) in [4.78, 5) is 1.81. The van der Waals surface area contributed by atoms with E-state index in [0.717, 1.165) is 12.8 Å². The second-order valence-electron chi connectivity index (χ2n) is 3.93. The van der Waals surface area contributed by atoms with E-state index in [2.05, 4.69) is 6.58 Å². The van der Waals surface area contributed by atoms with E-state index in [0.29, 0.717) is 19.2 Å². The van der Waals surface area contributed by atoms with Gasteiger partial charge >= 0.3 is 58.4 Å². The van der Waals surface area contributed by atoms with E-state index in [1.165, 1.54) is 0 Å². The summed E-state index contributed by atoms with van der Waals surface area (Å²) < 4.78 is 41.8. The van der Waals surface area contributed by atoms with Gasteiger partial charge in [-0.3, -0.25) is 4.90 Å². The molecule has 0 amide bonds. The fourth-order valence-electron chi connectivity index (χ4n) is 1.40. The smallest absolute Gasteiger partial charge is 0.445 e. The maximum Gasteiger partial charge on any atom is 1.00 e. The molecule has 0 spiro atoms. The first kappa shape index (κ1) is 17.2. The summed E-state index contributed by atoms with van der Waals surface area (Å²) in [6.07, 6.45) is 1.98. The summed E-state index contributed by atoms with van der Waals surface area (Å²) in [5, 5.41) is 0. The second kappa shape index (κ2) is 7.56. The zero-order chi connectivity index (χ0) is 11.5. The molecule has 1 aliphatic rings. The van der Waals surface area contributed by atoms with Crippen molar-refractivity contribution in [1.82, 2.24) is 4.90 Å². The van der Waals surface area contributed by atoms with Crippen LogP contribution in [0.5, 0.6) is 0 Å². The Hall–Kier alpha value is 1.15. The van der Waals surface area contributed by atoms with Gasteiger partial charge in [-0.2, -0.15) is 0 Å². The number of methoxy groups -OCH3 is 1. The molecule has 0 heterocycles. The molecule has 0 aliphatic heterocycles. The monoisotopic (exact) mass is 261 g/mol. The molecule has 1 aliphatic carbocycles. The first-order valence-electron chi connectivity index (χ1n) is 5.05. The molecular weight excluding hydrogens is 245 g/mol. The van der Waals surface area contributed by atoms with Crippen LogP contribution in [0.15, 0.2) is 12.1 Å². The summed E-state index contributed by atoms with van der Waals surface area (Å²) in [6, 6.07) is 0.301. The Morgan fingerprint density at radius 2 is 2.00 bits per heavy atom. The Morgan fingerprint density at radius 1 is 1.44 bits per heavy atom. The molecule has 0 aromatic carbocycles. The molecule has 0 radical (unpaired) electrons. The molecule has 7 heteroatoms.